The van der Waals surface area contributed by atoms with Crippen molar-refractivity contribution in [1.82, 2.24) is 5.32 Å². The molecule has 0 amide bonds. The molecule has 0 saturated carbocycles. The maximum Gasteiger partial charge on any atom is 0.198 e. The smallest absolute Gasteiger partial charge is 0.198 e. The van der Waals surface area contributed by atoms with E-state index in [1.54, 1.807) is 19.2 Å². The molecule has 120 valence electrons. The molecule has 23 heavy (non-hydrogen) atoms. The summed E-state index contributed by atoms with van der Waals surface area (Å²) in [6.07, 6.45) is 0.266. The Labute approximate surface area is 135 Å². The van der Waals surface area contributed by atoms with Gasteiger partial charge >= 0.3 is 0 Å². The van der Waals surface area contributed by atoms with Gasteiger partial charge in [0.25, 0.3) is 0 Å². The van der Waals surface area contributed by atoms with Crippen molar-refractivity contribution in [3.05, 3.63) is 65.5 Å². The summed E-state index contributed by atoms with van der Waals surface area (Å²) in [4.78, 5) is 6.43. The van der Waals surface area contributed by atoms with Crippen LogP contribution in [0.3, 0.4) is 0 Å². The van der Waals surface area contributed by atoms with Crippen LogP contribution in [0.4, 0.5) is 10.1 Å². The molecular weight excluding hydrogens is 293 g/mol. The molecule has 4 nitrogen and oxygen atoms in total. The fourth-order valence-electron chi connectivity index (χ4n) is 2.84. The van der Waals surface area contributed by atoms with Gasteiger partial charge < -0.3 is 15.3 Å². The summed E-state index contributed by atoms with van der Waals surface area (Å²) in [5, 5.41) is 13.4. The molecule has 5 heteroatoms. The third kappa shape index (κ3) is 3.35. The first-order valence-corrected chi connectivity index (χ1v) is 7.68. The van der Waals surface area contributed by atoms with Crippen molar-refractivity contribution in [3.63, 3.8) is 0 Å². The van der Waals surface area contributed by atoms with Crippen LogP contribution < -0.4 is 10.2 Å². The van der Waals surface area contributed by atoms with Gasteiger partial charge in [-0.3, -0.25) is 4.99 Å². The van der Waals surface area contributed by atoms with Crippen LogP contribution in [0.5, 0.6) is 0 Å². The lowest BCUT2D eigenvalue weighted by molar-refractivity contribution is 0.181. The Balaban J connectivity index is 1.66. The second kappa shape index (κ2) is 6.79. The van der Waals surface area contributed by atoms with Crippen LogP contribution in [0.15, 0.2) is 53.5 Å². The van der Waals surface area contributed by atoms with E-state index in [0.29, 0.717) is 12.1 Å². The van der Waals surface area contributed by atoms with Gasteiger partial charge in [-0.15, -0.1) is 0 Å². The van der Waals surface area contributed by atoms with Crippen molar-refractivity contribution in [2.45, 2.75) is 12.5 Å². The summed E-state index contributed by atoms with van der Waals surface area (Å²) >= 11 is 0. The number of nitrogens with zero attached hydrogens (tertiary/aromatic N) is 2. The lowest BCUT2D eigenvalue weighted by atomic mass is 10.1. The monoisotopic (exact) mass is 313 g/mol. The molecule has 1 aliphatic rings. The number of hydrogen-bond acceptors (Lipinski definition) is 2. The summed E-state index contributed by atoms with van der Waals surface area (Å²) in [5.74, 6) is 0.425. The summed E-state index contributed by atoms with van der Waals surface area (Å²) in [7, 11) is 1.73. The average Bonchev–Trinajstić information content (AvgIpc) is 3.00. The summed E-state index contributed by atoms with van der Waals surface area (Å²) in [6.45, 7) is 1.18. The summed E-state index contributed by atoms with van der Waals surface area (Å²) in [6, 6.07) is 14.1. The highest BCUT2D eigenvalue weighted by Gasteiger charge is 2.22. The molecule has 1 heterocycles. The van der Waals surface area contributed by atoms with Crippen molar-refractivity contribution in [2.75, 3.05) is 25.0 Å². The van der Waals surface area contributed by atoms with Crippen LogP contribution in [-0.2, 0) is 6.42 Å². The molecule has 2 N–H and O–H groups in total. The molecule has 0 spiro atoms. The highest BCUT2D eigenvalue weighted by atomic mass is 19.1. The third-order valence-electron chi connectivity index (χ3n) is 4.06. The van der Waals surface area contributed by atoms with Crippen molar-refractivity contribution >= 4 is 11.6 Å². The predicted molar refractivity (Wildman–Crippen MR) is 90.2 cm³/mol. The summed E-state index contributed by atoms with van der Waals surface area (Å²) in [5.41, 5.74) is 3.13. The molecule has 1 aliphatic heterocycles. The first-order valence-electron chi connectivity index (χ1n) is 7.68. The molecule has 1 atom stereocenters. The largest absolute Gasteiger partial charge is 0.387 e. The zero-order valence-corrected chi connectivity index (χ0v) is 13.0. The summed E-state index contributed by atoms with van der Waals surface area (Å²) < 4.78 is 12.9. The van der Waals surface area contributed by atoms with E-state index < -0.39 is 6.10 Å². The Kier molecular flexibility index (Phi) is 4.57. The number of benzene rings is 2. The molecule has 0 radical (unpaired) electrons. The number of hydrogen-bond donors (Lipinski definition) is 2. The number of para-hydroxylation sites is 1. The van der Waals surface area contributed by atoms with E-state index in [1.807, 2.05) is 12.1 Å². The second-order valence-corrected chi connectivity index (χ2v) is 5.53. The fourth-order valence-corrected chi connectivity index (χ4v) is 2.84. The van der Waals surface area contributed by atoms with Crippen molar-refractivity contribution in [2.24, 2.45) is 4.99 Å². The van der Waals surface area contributed by atoms with Crippen LogP contribution in [0.25, 0.3) is 0 Å². The van der Waals surface area contributed by atoms with E-state index >= 15 is 0 Å². The van der Waals surface area contributed by atoms with Crippen LogP contribution in [0, 0.1) is 5.82 Å². The van der Waals surface area contributed by atoms with Gasteiger partial charge in [0.2, 0.25) is 0 Å². The van der Waals surface area contributed by atoms with Crippen molar-refractivity contribution in [1.29, 1.82) is 0 Å². The van der Waals surface area contributed by atoms with Crippen LogP contribution in [0.2, 0.25) is 0 Å². The number of fused-ring (bicyclic) bond motifs is 1. The molecule has 1 unspecified atom stereocenters. The molecule has 0 aliphatic carbocycles. The van der Waals surface area contributed by atoms with Crippen LogP contribution >= 0.6 is 0 Å². The van der Waals surface area contributed by atoms with Gasteiger partial charge in [0, 0.05) is 25.8 Å². The number of guanidine groups is 1. The molecule has 0 saturated heterocycles. The van der Waals surface area contributed by atoms with E-state index in [9.17, 15) is 9.50 Å². The van der Waals surface area contributed by atoms with Gasteiger partial charge in [-0.05, 0) is 35.7 Å². The minimum Gasteiger partial charge on any atom is -0.387 e. The van der Waals surface area contributed by atoms with E-state index in [2.05, 4.69) is 27.3 Å². The lowest BCUT2D eigenvalue weighted by Gasteiger charge is -2.23. The van der Waals surface area contributed by atoms with Gasteiger partial charge in [-0.1, -0.05) is 30.3 Å². The molecular formula is C18H20FN3O. The number of aliphatic hydroxyl groups is 1. The van der Waals surface area contributed by atoms with E-state index in [-0.39, 0.29) is 5.82 Å². The zero-order chi connectivity index (χ0) is 16.2. The number of rotatable bonds is 3. The number of nitrogens with one attached hydrogen (secondary N) is 1. The average molecular weight is 313 g/mol. The van der Waals surface area contributed by atoms with Gasteiger partial charge in [-0.25, -0.2) is 4.39 Å². The predicted octanol–water partition coefficient (Wildman–Crippen LogP) is 2.50. The van der Waals surface area contributed by atoms with E-state index in [0.717, 1.165) is 24.6 Å². The van der Waals surface area contributed by atoms with Crippen LogP contribution in [0.1, 0.15) is 17.2 Å². The maximum absolute atomic E-state index is 12.9. The highest BCUT2D eigenvalue weighted by molar-refractivity contribution is 5.97. The number of halogens is 1. The van der Waals surface area contributed by atoms with E-state index in [4.69, 9.17) is 0 Å². The van der Waals surface area contributed by atoms with Crippen molar-refractivity contribution < 1.29 is 9.50 Å². The van der Waals surface area contributed by atoms with Gasteiger partial charge in [-0.2, -0.15) is 0 Å². The third-order valence-corrected chi connectivity index (χ3v) is 4.06. The Bertz CT molecular complexity index is 700. The minimum absolute atomic E-state index is 0.307. The maximum atomic E-state index is 12.9. The Morgan fingerprint density at radius 3 is 2.74 bits per heavy atom. The van der Waals surface area contributed by atoms with Gasteiger partial charge in [0.15, 0.2) is 5.96 Å². The minimum atomic E-state index is -0.717. The second-order valence-electron chi connectivity index (χ2n) is 5.53. The van der Waals surface area contributed by atoms with Gasteiger partial charge in [0.05, 0.1) is 6.10 Å². The zero-order valence-electron chi connectivity index (χ0n) is 13.0. The van der Waals surface area contributed by atoms with Crippen molar-refractivity contribution in [3.8, 4) is 0 Å². The molecule has 2 aromatic carbocycles. The lowest BCUT2D eigenvalue weighted by Crippen LogP contribution is -2.42. The first-order chi connectivity index (χ1) is 11.2. The molecule has 3 rings (SSSR count). The SMILES string of the molecule is CN=C(NCC(O)c1ccc(F)cc1)N1CCc2ccccc21. The first kappa shape index (κ1) is 15.5. The number of aliphatic imine (C=N–C) groups is 1. The topological polar surface area (TPSA) is 47.9 Å². The Hall–Kier alpha value is -2.40. The normalized spacial score (nSPS) is 15.4. The number of anilines is 1. The Morgan fingerprint density at radius 1 is 1.26 bits per heavy atom. The van der Waals surface area contributed by atoms with E-state index in [1.165, 1.54) is 17.7 Å². The molecule has 0 aromatic heterocycles. The molecule has 0 bridgehead atoms. The fraction of sp³-hybridized carbons (Fsp3) is 0.278. The quantitative estimate of drug-likeness (QED) is 0.676. The molecule has 0 fully saturated rings. The highest BCUT2D eigenvalue weighted by Crippen LogP contribution is 2.27. The standard InChI is InChI=1S/C18H20FN3O/c1-20-18(22-11-10-13-4-2-3-5-16(13)22)21-12-17(23)14-6-8-15(19)9-7-14/h2-9,17,23H,10-12H2,1H3,(H,20,21). The Morgan fingerprint density at radius 2 is 2.00 bits per heavy atom. The van der Waals surface area contributed by atoms with Crippen LogP contribution in [-0.4, -0.2) is 31.2 Å². The molecule has 2 aromatic rings. The number of aliphatic hydroxyl groups excluding tert-OH is 1. The van der Waals surface area contributed by atoms with Gasteiger partial charge in [0.1, 0.15) is 5.82 Å².